The molecular weight excluding hydrogens is 226 g/mol. The Hall–Kier alpha value is -1.13. The lowest BCUT2D eigenvalue weighted by atomic mass is 10.3. The van der Waals surface area contributed by atoms with Crippen molar-refractivity contribution < 1.29 is 4.79 Å². The zero-order chi connectivity index (χ0) is 11.4. The molecule has 4 nitrogen and oxygen atoms in total. The minimum Gasteiger partial charge on any atom is -0.313 e. The zero-order valence-electron chi connectivity index (χ0n) is 8.87. The van der Waals surface area contributed by atoms with Crippen molar-refractivity contribution in [2.75, 3.05) is 11.9 Å². The van der Waals surface area contributed by atoms with Gasteiger partial charge in [-0.15, -0.1) is 0 Å². The van der Waals surface area contributed by atoms with Gasteiger partial charge in [0.25, 0.3) is 0 Å². The molecule has 86 valence electrons. The summed E-state index contributed by atoms with van der Waals surface area (Å²) >= 11 is 5.71. The van der Waals surface area contributed by atoms with Crippen LogP contribution < -0.4 is 10.6 Å². The fourth-order valence-electron chi connectivity index (χ4n) is 1.36. The average molecular weight is 240 g/mol. The molecule has 2 rings (SSSR count). The van der Waals surface area contributed by atoms with Crippen LogP contribution in [0.3, 0.4) is 0 Å². The molecule has 0 bridgehead atoms. The van der Waals surface area contributed by atoms with Crippen LogP contribution in [0.15, 0.2) is 18.2 Å². The number of amides is 1. The monoisotopic (exact) mass is 239 g/mol. The average Bonchev–Trinajstić information content (AvgIpc) is 3.01. The van der Waals surface area contributed by atoms with E-state index in [2.05, 4.69) is 15.6 Å². The molecule has 0 radical (unpaired) electrons. The molecule has 1 saturated carbocycles. The summed E-state index contributed by atoms with van der Waals surface area (Å²) in [6.45, 7) is 0.719. The molecule has 1 aliphatic rings. The van der Waals surface area contributed by atoms with Crippen LogP contribution in [-0.4, -0.2) is 23.5 Å². The molecule has 5 heteroatoms. The fourth-order valence-corrected chi connectivity index (χ4v) is 1.52. The lowest BCUT2D eigenvalue weighted by molar-refractivity contribution is -0.116. The van der Waals surface area contributed by atoms with E-state index in [0.717, 1.165) is 6.54 Å². The zero-order valence-corrected chi connectivity index (χ0v) is 9.63. The Labute approximate surface area is 99.4 Å². The van der Waals surface area contributed by atoms with E-state index in [1.165, 1.54) is 12.8 Å². The lowest BCUT2D eigenvalue weighted by Gasteiger charge is -2.05. The highest BCUT2D eigenvalue weighted by atomic mass is 35.5. The first-order valence-corrected chi connectivity index (χ1v) is 5.77. The van der Waals surface area contributed by atoms with E-state index in [-0.39, 0.29) is 5.91 Å². The number of pyridine rings is 1. The van der Waals surface area contributed by atoms with Gasteiger partial charge in [-0.2, -0.15) is 0 Å². The SMILES string of the molecule is O=C(CCNC1CC1)Nc1cccc(Cl)n1. The quantitative estimate of drug-likeness (QED) is 0.771. The standard InChI is InChI=1S/C11H14ClN3O/c12-9-2-1-3-10(14-9)15-11(16)6-7-13-8-4-5-8/h1-3,8,13H,4-7H2,(H,14,15,16). The third-order valence-corrected chi connectivity index (χ3v) is 2.56. The number of nitrogens with zero attached hydrogens (tertiary/aromatic N) is 1. The molecule has 0 aromatic carbocycles. The van der Waals surface area contributed by atoms with Gasteiger partial charge < -0.3 is 10.6 Å². The maximum Gasteiger partial charge on any atom is 0.226 e. The van der Waals surface area contributed by atoms with Crippen LogP contribution in [0.4, 0.5) is 5.82 Å². The molecule has 0 aliphatic heterocycles. The first-order valence-electron chi connectivity index (χ1n) is 5.40. The summed E-state index contributed by atoms with van der Waals surface area (Å²) in [4.78, 5) is 15.5. The van der Waals surface area contributed by atoms with Crippen molar-refractivity contribution in [1.82, 2.24) is 10.3 Å². The second kappa shape index (κ2) is 5.27. The Morgan fingerprint density at radius 3 is 3.00 bits per heavy atom. The van der Waals surface area contributed by atoms with E-state index in [4.69, 9.17) is 11.6 Å². The number of carbonyl (C=O) groups is 1. The molecule has 0 unspecified atom stereocenters. The first-order chi connectivity index (χ1) is 7.74. The van der Waals surface area contributed by atoms with Crippen molar-refractivity contribution in [2.45, 2.75) is 25.3 Å². The molecule has 2 N–H and O–H groups in total. The van der Waals surface area contributed by atoms with Gasteiger partial charge >= 0.3 is 0 Å². The van der Waals surface area contributed by atoms with Gasteiger partial charge in [-0.25, -0.2) is 4.98 Å². The Kier molecular flexibility index (Phi) is 3.74. The van der Waals surface area contributed by atoms with E-state index in [1.807, 2.05) is 0 Å². The minimum absolute atomic E-state index is 0.0390. The summed E-state index contributed by atoms with van der Waals surface area (Å²) in [6, 6.07) is 5.79. The molecule has 1 heterocycles. The van der Waals surface area contributed by atoms with Gasteiger partial charge in [0.15, 0.2) is 0 Å². The van der Waals surface area contributed by atoms with E-state index in [0.29, 0.717) is 23.4 Å². The number of hydrogen-bond donors (Lipinski definition) is 2. The highest BCUT2D eigenvalue weighted by Crippen LogP contribution is 2.18. The largest absolute Gasteiger partial charge is 0.313 e. The number of hydrogen-bond acceptors (Lipinski definition) is 3. The predicted molar refractivity (Wildman–Crippen MR) is 63.5 cm³/mol. The van der Waals surface area contributed by atoms with Crippen molar-refractivity contribution in [3.05, 3.63) is 23.4 Å². The molecule has 1 aromatic rings. The van der Waals surface area contributed by atoms with Crippen LogP contribution in [0.2, 0.25) is 5.15 Å². The molecular formula is C11H14ClN3O. The highest BCUT2D eigenvalue weighted by Gasteiger charge is 2.20. The molecule has 0 saturated heterocycles. The molecule has 0 atom stereocenters. The summed E-state index contributed by atoms with van der Waals surface area (Å²) in [5, 5.41) is 6.36. The van der Waals surface area contributed by atoms with Gasteiger partial charge in [0.1, 0.15) is 11.0 Å². The van der Waals surface area contributed by atoms with Gasteiger partial charge in [-0.1, -0.05) is 17.7 Å². The van der Waals surface area contributed by atoms with Crippen molar-refractivity contribution >= 4 is 23.3 Å². The number of rotatable bonds is 5. The maximum atomic E-state index is 11.5. The molecule has 0 spiro atoms. The Bertz CT molecular complexity index is 379. The van der Waals surface area contributed by atoms with Crippen LogP contribution in [-0.2, 0) is 4.79 Å². The number of aromatic nitrogens is 1. The number of anilines is 1. The molecule has 1 aromatic heterocycles. The van der Waals surface area contributed by atoms with Crippen LogP contribution in [0, 0.1) is 0 Å². The van der Waals surface area contributed by atoms with E-state index < -0.39 is 0 Å². The number of carbonyl (C=O) groups excluding carboxylic acids is 1. The van der Waals surface area contributed by atoms with Crippen molar-refractivity contribution in [3.63, 3.8) is 0 Å². The van der Waals surface area contributed by atoms with Crippen molar-refractivity contribution in [3.8, 4) is 0 Å². The summed E-state index contributed by atoms with van der Waals surface area (Å²) < 4.78 is 0. The maximum absolute atomic E-state index is 11.5. The second-order valence-corrected chi connectivity index (χ2v) is 4.26. The second-order valence-electron chi connectivity index (χ2n) is 3.87. The highest BCUT2D eigenvalue weighted by molar-refractivity contribution is 6.29. The Balaban J connectivity index is 1.73. The van der Waals surface area contributed by atoms with Gasteiger partial charge in [0.2, 0.25) is 5.91 Å². The summed E-state index contributed by atoms with van der Waals surface area (Å²) in [5.41, 5.74) is 0. The fraction of sp³-hybridized carbons (Fsp3) is 0.455. The first kappa shape index (κ1) is 11.4. The smallest absolute Gasteiger partial charge is 0.226 e. The topological polar surface area (TPSA) is 54.0 Å². The Morgan fingerprint density at radius 2 is 2.31 bits per heavy atom. The van der Waals surface area contributed by atoms with E-state index in [1.54, 1.807) is 18.2 Å². The predicted octanol–water partition coefficient (Wildman–Crippen LogP) is 1.82. The summed E-state index contributed by atoms with van der Waals surface area (Å²) in [6.07, 6.45) is 2.93. The third-order valence-electron chi connectivity index (χ3n) is 2.35. The van der Waals surface area contributed by atoms with E-state index >= 15 is 0 Å². The van der Waals surface area contributed by atoms with Gasteiger partial charge in [0, 0.05) is 19.0 Å². The van der Waals surface area contributed by atoms with Crippen LogP contribution in [0.25, 0.3) is 0 Å². The summed E-state index contributed by atoms with van der Waals surface area (Å²) in [5.74, 6) is 0.465. The molecule has 16 heavy (non-hydrogen) atoms. The van der Waals surface area contributed by atoms with Gasteiger partial charge in [-0.05, 0) is 25.0 Å². The van der Waals surface area contributed by atoms with Gasteiger partial charge in [-0.3, -0.25) is 4.79 Å². The Morgan fingerprint density at radius 1 is 1.50 bits per heavy atom. The minimum atomic E-state index is -0.0390. The van der Waals surface area contributed by atoms with Crippen LogP contribution in [0.1, 0.15) is 19.3 Å². The van der Waals surface area contributed by atoms with Crippen LogP contribution in [0.5, 0.6) is 0 Å². The lowest BCUT2D eigenvalue weighted by Crippen LogP contribution is -2.23. The van der Waals surface area contributed by atoms with Crippen molar-refractivity contribution in [2.24, 2.45) is 0 Å². The molecule has 1 amide bonds. The third kappa shape index (κ3) is 3.79. The van der Waals surface area contributed by atoms with Gasteiger partial charge in [0.05, 0.1) is 0 Å². The number of halogens is 1. The summed E-state index contributed by atoms with van der Waals surface area (Å²) in [7, 11) is 0. The van der Waals surface area contributed by atoms with Crippen molar-refractivity contribution in [1.29, 1.82) is 0 Å². The normalized spacial score (nSPS) is 14.8. The molecule has 1 fully saturated rings. The van der Waals surface area contributed by atoms with E-state index in [9.17, 15) is 4.79 Å². The number of nitrogens with one attached hydrogen (secondary N) is 2. The van der Waals surface area contributed by atoms with Crippen LogP contribution >= 0.6 is 11.6 Å². The molecule has 1 aliphatic carbocycles.